The van der Waals surface area contributed by atoms with Crippen LogP contribution in [-0.2, 0) is 6.18 Å². The van der Waals surface area contributed by atoms with Crippen LogP contribution in [0.3, 0.4) is 0 Å². The number of para-hydroxylation sites is 1. The topological polar surface area (TPSA) is 58.1 Å². The molecular weight excluding hydrogens is 345 g/mol. The third-order valence-corrected chi connectivity index (χ3v) is 4.42. The zero-order valence-electron chi connectivity index (χ0n) is 14.3. The van der Waals surface area contributed by atoms with Crippen LogP contribution in [0.15, 0.2) is 36.5 Å². The Morgan fingerprint density at radius 2 is 1.88 bits per heavy atom. The van der Waals surface area contributed by atoms with Crippen LogP contribution in [0.1, 0.15) is 35.8 Å². The summed E-state index contributed by atoms with van der Waals surface area (Å²) in [5.41, 5.74) is -0.803. The first-order valence-electron chi connectivity index (χ1n) is 8.40. The van der Waals surface area contributed by atoms with E-state index in [9.17, 15) is 18.0 Å². The Morgan fingerprint density at radius 3 is 2.58 bits per heavy atom. The van der Waals surface area contributed by atoms with Crippen molar-refractivity contribution in [1.29, 1.82) is 0 Å². The molecule has 1 amide bonds. The van der Waals surface area contributed by atoms with E-state index in [1.807, 2.05) is 0 Å². The highest BCUT2D eigenvalue weighted by molar-refractivity contribution is 5.92. The molecule has 1 aromatic heterocycles. The lowest BCUT2D eigenvalue weighted by Gasteiger charge is -2.30. The van der Waals surface area contributed by atoms with Gasteiger partial charge in [0.1, 0.15) is 5.69 Å². The summed E-state index contributed by atoms with van der Waals surface area (Å²) in [6.45, 7) is 3.46. The van der Waals surface area contributed by atoms with Crippen LogP contribution in [0.2, 0.25) is 0 Å². The Bertz CT molecular complexity index is 786. The number of amides is 1. The van der Waals surface area contributed by atoms with Gasteiger partial charge in [0, 0.05) is 19.3 Å². The molecule has 0 spiro atoms. The van der Waals surface area contributed by atoms with Crippen molar-refractivity contribution >= 4 is 17.5 Å². The number of nitrogens with one attached hydrogen (secondary N) is 1. The van der Waals surface area contributed by atoms with Gasteiger partial charge in [0.15, 0.2) is 0 Å². The molecule has 0 saturated carbocycles. The average Bonchev–Trinajstić information content (AvgIpc) is 2.61. The molecule has 2 aromatic rings. The zero-order valence-corrected chi connectivity index (χ0v) is 14.3. The maximum absolute atomic E-state index is 13.1. The number of alkyl halides is 3. The summed E-state index contributed by atoms with van der Waals surface area (Å²) in [4.78, 5) is 22.3. The van der Waals surface area contributed by atoms with Crippen LogP contribution in [-0.4, -0.2) is 33.9 Å². The monoisotopic (exact) mass is 364 g/mol. The number of piperidine rings is 1. The SMILES string of the molecule is CC1CCN(C(=O)c2ccnc(Nc3ccccc3C(F)(F)F)n2)CC1. The molecule has 1 fully saturated rings. The smallest absolute Gasteiger partial charge is 0.337 e. The fraction of sp³-hybridized carbons (Fsp3) is 0.389. The molecule has 0 bridgehead atoms. The van der Waals surface area contributed by atoms with E-state index >= 15 is 0 Å². The highest BCUT2D eigenvalue weighted by atomic mass is 19.4. The summed E-state index contributed by atoms with van der Waals surface area (Å²) >= 11 is 0. The number of anilines is 2. The van der Waals surface area contributed by atoms with Gasteiger partial charge in [-0.25, -0.2) is 9.97 Å². The summed E-state index contributed by atoms with van der Waals surface area (Å²) in [5, 5.41) is 2.57. The van der Waals surface area contributed by atoms with Gasteiger partial charge >= 0.3 is 6.18 Å². The first kappa shape index (κ1) is 18.2. The van der Waals surface area contributed by atoms with Crippen LogP contribution < -0.4 is 5.32 Å². The number of benzene rings is 1. The first-order chi connectivity index (χ1) is 12.3. The Kier molecular flexibility index (Phi) is 5.11. The van der Waals surface area contributed by atoms with Crippen LogP contribution in [0.25, 0.3) is 0 Å². The van der Waals surface area contributed by atoms with Gasteiger partial charge in [0.05, 0.1) is 11.3 Å². The molecule has 0 atom stereocenters. The van der Waals surface area contributed by atoms with Crippen molar-refractivity contribution in [3.8, 4) is 0 Å². The summed E-state index contributed by atoms with van der Waals surface area (Å²) < 4.78 is 39.3. The van der Waals surface area contributed by atoms with Crippen molar-refractivity contribution in [2.75, 3.05) is 18.4 Å². The number of carbonyl (C=O) groups excluding carboxylic acids is 1. The van der Waals surface area contributed by atoms with Gasteiger partial charge in [0.25, 0.3) is 5.91 Å². The lowest BCUT2D eigenvalue weighted by atomic mass is 9.99. The van der Waals surface area contributed by atoms with Gasteiger partial charge in [-0.15, -0.1) is 0 Å². The number of halogens is 3. The molecule has 0 unspecified atom stereocenters. The van der Waals surface area contributed by atoms with E-state index in [1.165, 1.54) is 30.5 Å². The molecule has 5 nitrogen and oxygen atoms in total. The number of hydrogen-bond acceptors (Lipinski definition) is 4. The van der Waals surface area contributed by atoms with Crippen LogP contribution in [0.5, 0.6) is 0 Å². The number of nitrogens with zero attached hydrogens (tertiary/aromatic N) is 3. The Hall–Kier alpha value is -2.64. The third-order valence-electron chi connectivity index (χ3n) is 4.42. The first-order valence-corrected chi connectivity index (χ1v) is 8.40. The molecule has 138 valence electrons. The zero-order chi connectivity index (χ0) is 18.7. The van der Waals surface area contributed by atoms with E-state index in [-0.39, 0.29) is 23.2 Å². The quantitative estimate of drug-likeness (QED) is 0.890. The maximum atomic E-state index is 13.1. The van der Waals surface area contributed by atoms with Crippen LogP contribution in [0.4, 0.5) is 24.8 Å². The summed E-state index contributed by atoms with van der Waals surface area (Å²) in [5.74, 6) is 0.310. The highest BCUT2D eigenvalue weighted by Gasteiger charge is 2.33. The van der Waals surface area contributed by atoms with Gasteiger partial charge in [-0.3, -0.25) is 4.79 Å². The van der Waals surface area contributed by atoms with Gasteiger partial charge < -0.3 is 10.2 Å². The predicted octanol–water partition coefficient (Wildman–Crippen LogP) is 4.11. The van der Waals surface area contributed by atoms with Crippen molar-refractivity contribution in [2.24, 2.45) is 5.92 Å². The molecule has 1 aliphatic heterocycles. The van der Waals surface area contributed by atoms with Gasteiger partial charge in [-0.05, 0) is 37.0 Å². The Balaban J connectivity index is 1.79. The molecule has 1 saturated heterocycles. The summed E-state index contributed by atoms with van der Waals surface area (Å²) in [6, 6.07) is 6.55. The molecule has 1 aromatic carbocycles. The molecule has 2 heterocycles. The molecule has 8 heteroatoms. The van der Waals surface area contributed by atoms with E-state index in [0.717, 1.165) is 18.9 Å². The number of likely N-dealkylation sites (tertiary alicyclic amines) is 1. The van der Waals surface area contributed by atoms with Gasteiger partial charge in [-0.1, -0.05) is 19.1 Å². The van der Waals surface area contributed by atoms with E-state index < -0.39 is 11.7 Å². The molecular formula is C18H19F3N4O. The molecule has 3 rings (SSSR count). The van der Waals surface area contributed by atoms with Crippen molar-refractivity contribution in [1.82, 2.24) is 14.9 Å². The normalized spacial score (nSPS) is 15.8. The summed E-state index contributed by atoms with van der Waals surface area (Å²) in [6.07, 6.45) is -1.27. The van der Waals surface area contributed by atoms with Crippen molar-refractivity contribution in [2.45, 2.75) is 25.9 Å². The average molecular weight is 364 g/mol. The van der Waals surface area contributed by atoms with Crippen molar-refractivity contribution in [3.63, 3.8) is 0 Å². The molecule has 0 radical (unpaired) electrons. The molecule has 0 aliphatic carbocycles. The number of rotatable bonds is 3. The van der Waals surface area contributed by atoms with Crippen LogP contribution in [0, 0.1) is 5.92 Å². The van der Waals surface area contributed by atoms with Gasteiger partial charge in [-0.2, -0.15) is 13.2 Å². The minimum absolute atomic E-state index is 0.0436. The molecule has 1 aliphatic rings. The fourth-order valence-corrected chi connectivity index (χ4v) is 2.87. The second-order valence-corrected chi connectivity index (χ2v) is 6.41. The second kappa shape index (κ2) is 7.31. The van der Waals surface area contributed by atoms with E-state index in [2.05, 4.69) is 22.2 Å². The van der Waals surface area contributed by atoms with E-state index in [0.29, 0.717) is 19.0 Å². The minimum Gasteiger partial charge on any atom is -0.337 e. The highest BCUT2D eigenvalue weighted by Crippen LogP contribution is 2.35. The summed E-state index contributed by atoms with van der Waals surface area (Å²) in [7, 11) is 0. The fourth-order valence-electron chi connectivity index (χ4n) is 2.87. The standard InChI is InChI=1S/C18H19F3N4O/c1-12-7-10-25(11-8-12)16(26)15-6-9-22-17(24-15)23-14-5-3-2-4-13(14)18(19,20)21/h2-6,9,12H,7-8,10-11H2,1H3,(H,22,23,24). The van der Waals surface area contributed by atoms with E-state index in [4.69, 9.17) is 0 Å². The largest absolute Gasteiger partial charge is 0.418 e. The van der Waals surface area contributed by atoms with Gasteiger partial charge in [0.2, 0.25) is 5.95 Å². The Morgan fingerprint density at radius 1 is 1.19 bits per heavy atom. The third kappa shape index (κ3) is 4.12. The van der Waals surface area contributed by atoms with Crippen LogP contribution >= 0.6 is 0 Å². The van der Waals surface area contributed by atoms with Crippen molar-refractivity contribution in [3.05, 3.63) is 47.8 Å². The lowest BCUT2D eigenvalue weighted by molar-refractivity contribution is -0.136. The number of aromatic nitrogens is 2. The Labute approximate surface area is 149 Å². The lowest BCUT2D eigenvalue weighted by Crippen LogP contribution is -2.38. The molecule has 26 heavy (non-hydrogen) atoms. The maximum Gasteiger partial charge on any atom is 0.418 e. The minimum atomic E-state index is -4.50. The predicted molar refractivity (Wildman–Crippen MR) is 91.1 cm³/mol. The van der Waals surface area contributed by atoms with Crippen molar-refractivity contribution < 1.29 is 18.0 Å². The van der Waals surface area contributed by atoms with E-state index in [1.54, 1.807) is 4.90 Å². The number of carbonyl (C=O) groups is 1. The number of hydrogen-bond donors (Lipinski definition) is 1. The second-order valence-electron chi connectivity index (χ2n) is 6.41. The molecule has 1 N–H and O–H groups in total.